The van der Waals surface area contributed by atoms with E-state index in [1.54, 1.807) is 22.6 Å². The monoisotopic (exact) mass is 384 g/mol. The van der Waals surface area contributed by atoms with Gasteiger partial charge in [0.1, 0.15) is 0 Å². The largest absolute Gasteiger partial charge is 0.573 e. The van der Waals surface area contributed by atoms with Gasteiger partial charge in [0, 0.05) is 3.57 Å². The Kier molecular flexibility index (Phi) is 3.62. The Hall–Kier alpha value is -0.0500. The number of rotatable bonds is 1. The van der Waals surface area contributed by atoms with Gasteiger partial charge in [0.05, 0.1) is 4.47 Å². The summed E-state index contributed by atoms with van der Waals surface area (Å²) in [5.41, 5.74) is 0. The van der Waals surface area contributed by atoms with Gasteiger partial charge in [-0.1, -0.05) is 0 Å². The number of alkyl halides is 3. The molecule has 78 valence electrons. The Bertz CT molecular complexity index is 352. The third-order valence-electron chi connectivity index (χ3n) is 1.23. The van der Waals surface area contributed by atoms with Gasteiger partial charge in [0.15, 0.2) is 11.6 Å². The quantitative estimate of drug-likeness (QED) is 0.402. The van der Waals surface area contributed by atoms with Crippen molar-refractivity contribution in [3.63, 3.8) is 0 Å². The minimum Gasteiger partial charge on any atom is -0.403 e. The molecule has 0 saturated carbocycles. The molecule has 1 nitrogen and oxygen atoms in total. The van der Waals surface area contributed by atoms with Crippen molar-refractivity contribution in [2.45, 2.75) is 6.36 Å². The highest BCUT2D eigenvalue weighted by atomic mass is 127. The van der Waals surface area contributed by atoms with Crippen LogP contribution in [-0.4, -0.2) is 6.36 Å². The van der Waals surface area contributed by atoms with E-state index in [1.807, 2.05) is 0 Å². The Balaban J connectivity index is 3.06. The van der Waals surface area contributed by atoms with Crippen molar-refractivity contribution in [3.8, 4) is 5.75 Å². The van der Waals surface area contributed by atoms with Gasteiger partial charge in [0.2, 0.25) is 0 Å². The van der Waals surface area contributed by atoms with Crippen LogP contribution in [0.2, 0.25) is 0 Å². The van der Waals surface area contributed by atoms with Gasteiger partial charge < -0.3 is 4.74 Å². The van der Waals surface area contributed by atoms with Crippen LogP contribution in [0.5, 0.6) is 5.75 Å². The molecule has 0 aromatic heterocycles. The lowest BCUT2D eigenvalue weighted by Gasteiger charge is -2.10. The molecule has 1 rings (SSSR count). The Morgan fingerprint density at radius 3 is 2.36 bits per heavy atom. The number of hydrogen-bond acceptors (Lipinski definition) is 1. The molecule has 0 amide bonds. The van der Waals surface area contributed by atoms with Crippen molar-refractivity contribution < 1.29 is 22.3 Å². The van der Waals surface area contributed by atoms with E-state index < -0.39 is 17.9 Å². The second-order valence-electron chi connectivity index (χ2n) is 2.22. The fourth-order valence-corrected chi connectivity index (χ4v) is 1.46. The van der Waals surface area contributed by atoms with Gasteiger partial charge in [-0.2, -0.15) is 0 Å². The van der Waals surface area contributed by atoms with E-state index >= 15 is 0 Å². The first-order chi connectivity index (χ1) is 6.31. The van der Waals surface area contributed by atoms with Crippen LogP contribution in [0, 0.1) is 9.39 Å². The first kappa shape index (κ1) is 12.0. The summed E-state index contributed by atoms with van der Waals surface area (Å²) in [5, 5.41) is 0. The van der Waals surface area contributed by atoms with E-state index in [1.165, 1.54) is 6.07 Å². The summed E-state index contributed by atoms with van der Waals surface area (Å²) in [5.74, 6) is -1.90. The average Bonchev–Trinajstić information content (AvgIpc) is 2.04. The molecule has 0 unspecified atom stereocenters. The van der Waals surface area contributed by atoms with Crippen LogP contribution in [-0.2, 0) is 0 Å². The van der Waals surface area contributed by atoms with Gasteiger partial charge in [0.25, 0.3) is 0 Å². The van der Waals surface area contributed by atoms with E-state index in [0.717, 1.165) is 6.07 Å². The molecule has 0 atom stereocenters. The molecule has 1 aromatic carbocycles. The summed E-state index contributed by atoms with van der Waals surface area (Å²) in [6.07, 6.45) is -4.88. The average molecular weight is 385 g/mol. The van der Waals surface area contributed by atoms with Gasteiger partial charge in [-0.25, -0.2) is 4.39 Å². The van der Waals surface area contributed by atoms with Crippen molar-refractivity contribution >= 4 is 38.5 Å². The summed E-state index contributed by atoms with van der Waals surface area (Å²) in [6, 6.07) is 2.24. The van der Waals surface area contributed by atoms with Gasteiger partial charge in [-0.3, -0.25) is 0 Å². The molecule has 0 heterocycles. The number of hydrogen-bond donors (Lipinski definition) is 0. The molecule has 0 bridgehead atoms. The lowest BCUT2D eigenvalue weighted by molar-refractivity contribution is -0.275. The fraction of sp³-hybridized carbons (Fsp3) is 0.143. The molecule has 0 fully saturated rings. The van der Waals surface area contributed by atoms with Crippen LogP contribution in [0.25, 0.3) is 0 Å². The molecule has 0 aliphatic carbocycles. The molecule has 0 N–H and O–H groups in total. The minimum absolute atomic E-state index is 0.0418. The van der Waals surface area contributed by atoms with Crippen molar-refractivity contribution in [1.29, 1.82) is 0 Å². The third-order valence-corrected chi connectivity index (χ3v) is 3.64. The molecule has 0 aliphatic rings. The topological polar surface area (TPSA) is 9.23 Å². The second kappa shape index (κ2) is 4.21. The highest BCUT2D eigenvalue weighted by Crippen LogP contribution is 2.32. The normalized spacial score (nSPS) is 11.6. The van der Waals surface area contributed by atoms with E-state index in [4.69, 9.17) is 0 Å². The van der Waals surface area contributed by atoms with E-state index in [-0.39, 0.29) is 4.47 Å². The van der Waals surface area contributed by atoms with Gasteiger partial charge in [-0.15, -0.1) is 13.2 Å². The predicted octanol–water partition coefficient (Wildman–Crippen LogP) is 4.09. The summed E-state index contributed by atoms with van der Waals surface area (Å²) in [4.78, 5) is 0. The van der Waals surface area contributed by atoms with Crippen LogP contribution in [0.15, 0.2) is 16.6 Å². The summed E-state index contributed by atoms with van der Waals surface area (Å²) in [7, 11) is 0. The molecule has 0 spiro atoms. The Morgan fingerprint density at radius 2 is 1.86 bits per heavy atom. The highest BCUT2D eigenvalue weighted by molar-refractivity contribution is 14.1. The van der Waals surface area contributed by atoms with Crippen LogP contribution in [0.3, 0.4) is 0 Å². The van der Waals surface area contributed by atoms with Crippen molar-refractivity contribution in [2.24, 2.45) is 0 Å². The lowest BCUT2D eigenvalue weighted by atomic mass is 10.3. The third kappa shape index (κ3) is 2.97. The molecular formula is C7H2BrF4IO. The van der Waals surface area contributed by atoms with Crippen LogP contribution >= 0.6 is 38.5 Å². The number of ether oxygens (including phenoxy) is 1. The fourth-order valence-electron chi connectivity index (χ4n) is 0.712. The smallest absolute Gasteiger partial charge is 0.403 e. The number of halogens is 6. The summed E-state index contributed by atoms with van der Waals surface area (Å²) in [6.45, 7) is 0. The van der Waals surface area contributed by atoms with Crippen molar-refractivity contribution in [3.05, 3.63) is 26.0 Å². The molecule has 7 heteroatoms. The molecule has 0 saturated heterocycles. The maximum atomic E-state index is 13.1. The zero-order valence-electron chi connectivity index (χ0n) is 6.33. The number of benzene rings is 1. The van der Waals surface area contributed by atoms with E-state index in [0.29, 0.717) is 3.57 Å². The second-order valence-corrected chi connectivity index (χ2v) is 4.18. The first-order valence-corrected chi connectivity index (χ1v) is 5.07. The first-order valence-electron chi connectivity index (χ1n) is 3.20. The van der Waals surface area contributed by atoms with Crippen LogP contribution < -0.4 is 4.74 Å². The molecule has 0 aliphatic heterocycles. The zero-order chi connectivity index (χ0) is 10.9. The van der Waals surface area contributed by atoms with Gasteiger partial charge in [-0.05, 0) is 50.7 Å². The van der Waals surface area contributed by atoms with E-state index in [9.17, 15) is 17.6 Å². The maximum Gasteiger partial charge on any atom is 0.573 e. The Labute approximate surface area is 98.7 Å². The standard InChI is InChI=1S/C7H2BrF4IO/c8-5-3(13)1-2-4(6(5)9)14-7(10,11)12/h1-2H. The highest BCUT2D eigenvalue weighted by Gasteiger charge is 2.32. The van der Waals surface area contributed by atoms with Crippen molar-refractivity contribution in [1.82, 2.24) is 0 Å². The Morgan fingerprint density at radius 1 is 1.29 bits per heavy atom. The predicted molar refractivity (Wildman–Crippen MR) is 53.5 cm³/mol. The maximum absolute atomic E-state index is 13.1. The molecule has 1 aromatic rings. The lowest BCUT2D eigenvalue weighted by Crippen LogP contribution is -2.18. The van der Waals surface area contributed by atoms with E-state index in [2.05, 4.69) is 20.7 Å². The summed E-state index contributed by atoms with van der Waals surface area (Å²) < 4.78 is 52.2. The van der Waals surface area contributed by atoms with Crippen LogP contribution in [0.4, 0.5) is 17.6 Å². The van der Waals surface area contributed by atoms with Gasteiger partial charge >= 0.3 is 6.36 Å². The summed E-state index contributed by atoms with van der Waals surface area (Å²) >= 11 is 4.59. The van der Waals surface area contributed by atoms with Crippen LogP contribution in [0.1, 0.15) is 0 Å². The molecule has 0 radical (unpaired) electrons. The SMILES string of the molecule is Fc1c(OC(F)(F)F)ccc(I)c1Br. The molecular weight excluding hydrogens is 383 g/mol. The molecule has 14 heavy (non-hydrogen) atoms. The van der Waals surface area contributed by atoms with Crippen molar-refractivity contribution in [2.75, 3.05) is 0 Å². The zero-order valence-corrected chi connectivity index (χ0v) is 10.1. The minimum atomic E-state index is -4.88.